The number of ether oxygens (including phenoxy) is 1. The molecule has 1 aliphatic carbocycles. The summed E-state index contributed by atoms with van der Waals surface area (Å²) in [6.45, 7) is 4.61. The Morgan fingerprint density at radius 1 is 1.19 bits per heavy atom. The van der Waals surface area contributed by atoms with Gasteiger partial charge in [-0.3, -0.25) is 0 Å². The maximum absolute atomic E-state index is 5.87. The van der Waals surface area contributed by atoms with E-state index in [2.05, 4.69) is 13.8 Å². The monoisotopic (exact) mass is 242 g/mol. The summed E-state index contributed by atoms with van der Waals surface area (Å²) in [7, 11) is 0.580. The molecule has 0 aromatic carbocycles. The minimum atomic E-state index is -1.35. The van der Waals surface area contributed by atoms with Crippen molar-refractivity contribution in [3.63, 3.8) is 0 Å². The average Bonchev–Trinajstić information content (AvgIpc) is 3.10. The molecular weight excluding hydrogens is 216 g/mol. The zero-order valence-electron chi connectivity index (χ0n) is 11.0. The molecule has 0 radical (unpaired) electrons. The van der Waals surface area contributed by atoms with Crippen LogP contribution < -0.4 is 0 Å². The van der Waals surface area contributed by atoms with E-state index < -0.39 is 8.32 Å². The molecule has 1 aliphatic heterocycles. The first kappa shape index (κ1) is 12.6. The van der Waals surface area contributed by atoms with Crippen LogP contribution in [0.3, 0.4) is 0 Å². The van der Waals surface area contributed by atoms with Crippen molar-refractivity contribution >= 4 is 8.32 Å². The molecule has 3 heteroatoms. The molecule has 3 unspecified atom stereocenters. The Bertz CT molecular complexity index is 220. The number of fused-ring (bicyclic) bond motifs is 1. The summed E-state index contributed by atoms with van der Waals surface area (Å²) in [6, 6.07) is 3.91. The summed E-state index contributed by atoms with van der Waals surface area (Å²) in [5, 5.41) is 0. The topological polar surface area (TPSA) is 21.8 Å². The molecule has 0 amide bonds. The second-order valence-corrected chi connectivity index (χ2v) is 10.2. The summed E-state index contributed by atoms with van der Waals surface area (Å²) < 4.78 is 11.5. The molecule has 16 heavy (non-hydrogen) atoms. The number of hydrogen-bond acceptors (Lipinski definition) is 2. The first-order chi connectivity index (χ1) is 7.73. The summed E-state index contributed by atoms with van der Waals surface area (Å²) in [6.07, 6.45) is 6.71. The Hall–Kier alpha value is 0.137. The van der Waals surface area contributed by atoms with Gasteiger partial charge in [0.1, 0.15) is 0 Å². The second-order valence-electron chi connectivity index (χ2n) is 5.52. The summed E-state index contributed by atoms with van der Waals surface area (Å²) in [5.41, 5.74) is 0. The van der Waals surface area contributed by atoms with Crippen LogP contribution in [0.25, 0.3) is 0 Å². The quantitative estimate of drug-likeness (QED) is 0.524. The van der Waals surface area contributed by atoms with Crippen molar-refractivity contribution in [3.8, 4) is 0 Å². The maximum Gasteiger partial charge on any atom is 0.191 e. The molecule has 1 heterocycles. The lowest BCUT2D eigenvalue weighted by molar-refractivity contribution is 0.345. The second kappa shape index (κ2) is 5.19. The molecule has 0 bridgehead atoms. The van der Waals surface area contributed by atoms with Gasteiger partial charge >= 0.3 is 0 Å². The van der Waals surface area contributed by atoms with Crippen LogP contribution in [0.2, 0.25) is 18.1 Å². The third-order valence-corrected chi connectivity index (χ3v) is 9.49. The summed E-state index contributed by atoms with van der Waals surface area (Å²) >= 11 is 0. The lowest BCUT2D eigenvalue weighted by Crippen LogP contribution is -2.35. The van der Waals surface area contributed by atoms with Gasteiger partial charge < -0.3 is 9.16 Å². The molecular formula is C13H26O2Si. The van der Waals surface area contributed by atoms with Crippen LogP contribution >= 0.6 is 0 Å². The molecule has 1 saturated carbocycles. The number of rotatable bonds is 6. The van der Waals surface area contributed by atoms with Crippen LogP contribution in [0.5, 0.6) is 0 Å². The van der Waals surface area contributed by atoms with Crippen molar-refractivity contribution in [1.29, 1.82) is 0 Å². The molecule has 0 spiro atoms. The lowest BCUT2D eigenvalue weighted by Gasteiger charge is -2.29. The molecule has 2 aliphatic rings. The molecule has 0 aromatic heterocycles. The van der Waals surface area contributed by atoms with Crippen molar-refractivity contribution in [1.82, 2.24) is 0 Å². The van der Waals surface area contributed by atoms with Gasteiger partial charge in [0.25, 0.3) is 0 Å². The van der Waals surface area contributed by atoms with Crippen LogP contribution in [-0.2, 0) is 9.16 Å². The summed E-state index contributed by atoms with van der Waals surface area (Å²) in [5.74, 6) is 0.920. The fourth-order valence-electron chi connectivity index (χ4n) is 3.21. The molecule has 2 nitrogen and oxygen atoms in total. The van der Waals surface area contributed by atoms with E-state index in [4.69, 9.17) is 9.16 Å². The van der Waals surface area contributed by atoms with Gasteiger partial charge in [0.05, 0.1) is 12.2 Å². The van der Waals surface area contributed by atoms with Crippen molar-refractivity contribution in [2.24, 2.45) is 5.92 Å². The van der Waals surface area contributed by atoms with Gasteiger partial charge in [-0.2, -0.15) is 0 Å². The third kappa shape index (κ3) is 2.69. The maximum atomic E-state index is 5.87. The van der Waals surface area contributed by atoms with Crippen LogP contribution in [-0.4, -0.2) is 27.6 Å². The fourth-order valence-corrected chi connectivity index (χ4v) is 6.13. The lowest BCUT2D eigenvalue weighted by atomic mass is 9.88. The van der Waals surface area contributed by atoms with Gasteiger partial charge in [0, 0.05) is 7.11 Å². The van der Waals surface area contributed by atoms with E-state index in [-0.39, 0.29) is 0 Å². The highest BCUT2D eigenvalue weighted by Gasteiger charge is 2.44. The van der Waals surface area contributed by atoms with Crippen LogP contribution in [0.1, 0.15) is 39.5 Å². The van der Waals surface area contributed by atoms with Crippen LogP contribution in [0, 0.1) is 5.92 Å². The zero-order valence-corrected chi connectivity index (χ0v) is 12.0. The standard InChI is InChI=1S/C13H26O2Si/c1-4-16(5-2,14-3)9-8-11-6-7-12-13(10-11)15-12/h11-13H,4-10H2,1-3H3. The Kier molecular flexibility index (Phi) is 4.09. The first-order valence-corrected chi connectivity index (χ1v) is 9.46. The van der Waals surface area contributed by atoms with E-state index in [0.717, 1.165) is 5.92 Å². The zero-order chi connectivity index (χ0) is 11.6. The highest BCUT2D eigenvalue weighted by molar-refractivity contribution is 6.73. The number of hydrogen-bond donors (Lipinski definition) is 0. The smallest absolute Gasteiger partial charge is 0.191 e. The number of epoxide rings is 1. The Morgan fingerprint density at radius 2 is 1.94 bits per heavy atom. The van der Waals surface area contributed by atoms with Gasteiger partial charge in [-0.25, -0.2) is 0 Å². The third-order valence-electron chi connectivity index (χ3n) is 4.84. The Balaban J connectivity index is 1.76. The molecule has 0 aromatic rings. The molecule has 2 fully saturated rings. The minimum absolute atomic E-state index is 0.639. The molecule has 0 N–H and O–H groups in total. The largest absolute Gasteiger partial charge is 0.420 e. The Labute approximate surface area is 101 Å². The van der Waals surface area contributed by atoms with Crippen molar-refractivity contribution in [3.05, 3.63) is 0 Å². The first-order valence-electron chi connectivity index (χ1n) is 6.93. The van der Waals surface area contributed by atoms with Gasteiger partial charge in [-0.05, 0) is 43.3 Å². The SMILES string of the molecule is CC[Si](CC)(CCC1CCC2OC2C1)OC. The molecule has 3 atom stereocenters. The molecule has 94 valence electrons. The highest BCUT2D eigenvalue weighted by Crippen LogP contribution is 2.42. The van der Waals surface area contributed by atoms with Gasteiger partial charge in [0.15, 0.2) is 8.32 Å². The van der Waals surface area contributed by atoms with E-state index in [1.807, 2.05) is 7.11 Å². The van der Waals surface area contributed by atoms with E-state index in [9.17, 15) is 0 Å². The van der Waals surface area contributed by atoms with Crippen molar-refractivity contribution in [2.75, 3.05) is 7.11 Å². The Morgan fingerprint density at radius 3 is 2.50 bits per heavy atom. The average molecular weight is 242 g/mol. The molecule has 2 rings (SSSR count). The highest BCUT2D eigenvalue weighted by atomic mass is 28.4. The van der Waals surface area contributed by atoms with E-state index in [1.54, 1.807) is 0 Å². The predicted octanol–water partition coefficient (Wildman–Crippen LogP) is 3.58. The van der Waals surface area contributed by atoms with E-state index in [0.29, 0.717) is 12.2 Å². The fraction of sp³-hybridized carbons (Fsp3) is 1.00. The van der Waals surface area contributed by atoms with Gasteiger partial charge in [-0.15, -0.1) is 0 Å². The van der Waals surface area contributed by atoms with Gasteiger partial charge in [-0.1, -0.05) is 20.3 Å². The van der Waals surface area contributed by atoms with E-state index >= 15 is 0 Å². The van der Waals surface area contributed by atoms with Crippen LogP contribution in [0.4, 0.5) is 0 Å². The minimum Gasteiger partial charge on any atom is -0.420 e. The normalized spacial score (nSPS) is 33.6. The van der Waals surface area contributed by atoms with E-state index in [1.165, 1.54) is 43.8 Å². The van der Waals surface area contributed by atoms with Gasteiger partial charge in [0.2, 0.25) is 0 Å². The van der Waals surface area contributed by atoms with Crippen molar-refractivity contribution < 1.29 is 9.16 Å². The predicted molar refractivity (Wildman–Crippen MR) is 69.2 cm³/mol. The summed E-state index contributed by atoms with van der Waals surface area (Å²) in [4.78, 5) is 0. The van der Waals surface area contributed by atoms with Crippen LogP contribution in [0.15, 0.2) is 0 Å². The van der Waals surface area contributed by atoms with Crippen molar-refractivity contribution in [2.45, 2.75) is 69.9 Å². The molecule has 1 saturated heterocycles.